The molecule has 110 valence electrons. The minimum Gasteiger partial charge on any atom is -0.315 e. The van der Waals surface area contributed by atoms with Crippen LogP contribution >= 0.6 is 0 Å². The van der Waals surface area contributed by atoms with E-state index in [9.17, 15) is 8.42 Å². The number of nitrogens with one attached hydrogen (secondary N) is 2. The van der Waals surface area contributed by atoms with E-state index in [1.54, 1.807) is 6.92 Å². The SMILES string of the molecule is CCCNCC(C)S(=O)(=O)NC(C)CCN(C)C. The van der Waals surface area contributed by atoms with Crippen molar-refractivity contribution in [3.8, 4) is 0 Å². The van der Waals surface area contributed by atoms with Crippen LogP contribution in [0.25, 0.3) is 0 Å². The third-order valence-electron chi connectivity index (χ3n) is 2.76. The van der Waals surface area contributed by atoms with E-state index in [0.717, 1.165) is 25.9 Å². The van der Waals surface area contributed by atoms with E-state index in [2.05, 4.69) is 21.9 Å². The zero-order valence-corrected chi connectivity index (χ0v) is 13.2. The maximum atomic E-state index is 12.0. The quantitative estimate of drug-likeness (QED) is 0.576. The molecule has 0 fully saturated rings. The third-order valence-corrected chi connectivity index (χ3v) is 4.72. The van der Waals surface area contributed by atoms with Gasteiger partial charge in [-0.2, -0.15) is 0 Å². The summed E-state index contributed by atoms with van der Waals surface area (Å²) in [5, 5.41) is 2.74. The van der Waals surface area contributed by atoms with Crippen molar-refractivity contribution in [1.29, 1.82) is 0 Å². The first-order valence-corrected chi connectivity index (χ1v) is 8.20. The second kappa shape index (κ2) is 8.85. The predicted molar refractivity (Wildman–Crippen MR) is 77.3 cm³/mol. The Bertz CT molecular complexity index is 304. The Morgan fingerprint density at radius 3 is 2.33 bits per heavy atom. The molecular formula is C12H29N3O2S. The molecule has 0 amide bonds. The largest absolute Gasteiger partial charge is 0.315 e. The molecule has 18 heavy (non-hydrogen) atoms. The summed E-state index contributed by atoms with van der Waals surface area (Å²) >= 11 is 0. The van der Waals surface area contributed by atoms with Gasteiger partial charge in [-0.1, -0.05) is 6.92 Å². The van der Waals surface area contributed by atoms with Gasteiger partial charge < -0.3 is 10.2 Å². The average molecular weight is 279 g/mol. The fourth-order valence-corrected chi connectivity index (χ4v) is 2.75. The maximum Gasteiger partial charge on any atom is 0.215 e. The zero-order valence-electron chi connectivity index (χ0n) is 12.4. The summed E-state index contributed by atoms with van der Waals surface area (Å²) < 4.78 is 26.8. The van der Waals surface area contributed by atoms with E-state index >= 15 is 0 Å². The number of nitrogens with zero attached hydrogens (tertiary/aromatic N) is 1. The molecule has 0 aliphatic carbocycles. The molecule has 0 aromatic rings. The lowest BCUT2D eigenvalue weighted by Crippen LogP contribution is -2.43. The van der Waals surface area contributed by atoms with Crippen LogP contribution in [0.1, 0.15) is 33.6 Å². The number of hydrogen-bond acceptors (Lipinski definition) is 4. The number of sulfonamides is 1. The molecule has 0 aromatic heterocycles. The summed E-state index contributed by atoms with van der Waals surface area (Å²) in [7, 11) is 0.750. The van der Waals surface area contributed by atoms with Gasteiger partial charge in [-0.3, -0.25) is 0 Å². The summed E-state index contributed by atoms with van der Waals surface area (Å²) in [4.78, 5) is 2.05. The lowest BCUT2D eigenvalue weighted by Gasteiger charge is -2.20. The van der Waals surface area contributed by atoms with Crippen LogP contribution in [-0.4, -0.2) is 58.3 Å². The molecular weight excluding hydrogens is 250 g/mol. The zero-order chi connectivity index (χ0) is 14.2. The van der Waals surface area contributed by atoms with Gasteiger partial charge in [0, 0.05) is 12.6 Å². The van der Waals surface area contributed by atoms with Gasteiger partial charge in [-0.15, -0.1) is 0 Å². The molecule has 0 bridgehead atoms. The second-order valence-corrected chi connectivity index (χ2v) is 7.30. The average Bonchev–Trinajstić information content (AvgIpc) is 2.26. The molecule has 2 N–H and O–H groups in total. The molecule has 0 aliphatic rings. The van der Waals surface area contributed by atoms with E-state index in [1.165, 1.54) is 0 Å². The fourth-order valence-electron chi connectivity index (χ4n) is 1.50. The van der Waals surface area contributed by atoms with Gasteiger partial charge in [-0.25, -0.2) is 13.1 Å². The van der Waals surface area contributed by atoms with Gasteiger partial charge in [0.05, 0.1) is 5.25 Å². The molecule has 0 saturated carbocycles. The van der Waals surface area contributed by atoms with Crippen LogP contribution in [0.15, 0.2) is 0 Å². The Balaban J connectivity index is 4.11. The van der Waals surface area contributed by atoms with Gasteiger partial charge in [0.15, 0.2) is 0 Å². The third kappa shape index (κ3) is 8.02. The molecule has 0 aliphatic heterocycles. The lowest BCUT2D eigenvalue weighted by molar-refractivity contribution is 0.378. The molecule has 0 heterocycles. The first-order chi connectivity index (χ1) is 8.29. The Kier molecular flexibility index (Phi) is 8.77. The second-order valence-electron chi connectivity index (χ2n) is 5.17. The van der Waals surface area contributed by atoms with Gasteiger partial charge in [0.25, 0.3) is 0 Å². The highest BCUT2D eigenvalue weighted by molar-refractivity contribution is 7.90. The first kappa shape index (κ1) is 17.8. The topological polar surface area (TPSA) is 61.4 Å². The smallest absolute Gasteiger partial charge is 0.215 e. The molecule has 2 unspecified atom stereocenters. The van der Waals surface area contributed by atoms with E-state index in [1.807, 2.05) is 21.0 Å². The van der Waals surface area contributed by atoms with Crippen LogP contribution in [0.3, 0.4) is 0 Å². The van der Waals surface area contributed by atoms with Crippen molar-refractivity contribution in [2.24, 2.45) is 0 Å². The molecule has 2 atom stereocenters. The highest BCUT2D eigenvalue weighted by Gasteiger charge is 2.22. The summed E-state index contributed by atoms with van der Waals surface area (Å²) in [6.07, 6.45) is 1.83. The summed E-state index contributed by atoms with van der Waals surface area (Å²) in [6.45, 7) is 7.95. The summed E-state index contributed by atoms with van der Waals surface area (Å²) in [5.74, 6) is 0. The molecule has 0 spiro atoms. The van der Waals surface area contributed by atoms with E-state index < -0.39 is 15.3 Å². The molecule has 0 aromatic carbocycles. The van der Waals surface area contributed by atoms with Crippen LogP contribution in [0, 0.1) is 0 Å². The van der Waals surface area contributed by atoms with Gasteiger partial charge in [0.1, 0.15) is 0 Å². The predicted octanol–water partition coefficient (Wildman–Crippen LogP) is 0.634. The van der Waals surface area contributed by atoms with Crippen molar-refractivity contribution in [3.63, 3.8) is 0 Å². The number of rotatable bonds is 10. The fraction of sp³-hybridized carbons (Fsp3) is 1.00. The maximum absolute atomic E-state index is 12.0. The highest BCUT2D eigenvalue weighted by Crippen LogP contribution is 2.01. The monoisotopic (exact) mass is 279 g/mol. The standard InChI is InChI=1S/C12H29N3O2S/c1-6-8-13-10-12(3)18(16,17)14-11(2)7-9-15(4)5/h11-14H,6-10H2,1-5H3. The van der Waals surface area contributed by atoms with Crippen molar-refractivity contribution in [2.45, 2.75) is 44.9 Å². The number of hydrogen-bond donors (Lipinski definition) is 2. The van der Waals surface area contributed by atoms with Gasteiger partial charge >= 0.3 is 0 Å². The van der Waals surface area contributed by atoms with E-state index in [-0.39, 0.29) is 6.04 Å². The van der Waals surface area contributed by atoms with Gasteiger partial charge in [0.2, 0.25) is 10.0 Å². The van der Waals surface area contributed by atoms with Crippen molar-refractivity contribution in [1.82, 2.24) is 14.9 Å². The Morgan fingerprint density at radius 2 is 1.83 bits per heavy atom. The normalized spacial score (nSPS) is 15.9. The highest BCUT2D eigenvalue weighted by atomic mass is 32.2. The first-order valence-electron chi connectivity index (χ1n) is 6.66. The van der Waals surface area contributed by atoms with Crippen LogP contribution in [-0.2, 0) is 10.0 Å². The van der Waals surface area contributed by atoms with E-state index in [4.69, 9.17) is 0 Å². The Morgan fingerprint density at radius 1 is 1.22 bits per heavy atom. The molecule has 5 nitrogen and oxygen atoms in total. The van der Waals surface area contributed by atoms with Crippen molar-refractivity contribution >= 4 is 10.0 Å². The van der Waals surface area contributed by atoms with Crippen LogP contribution < -0.4 is 10.0 Å². The summed E-state index contributed by atoms with van der Waals surface area (Å²) in [5.41, 5.74) is 0. The Labute approximate surface area is 112 Å². The van der Waals surface area contributed by atoms with Crippen LogP contribution in [0.4, 0.5) is 0 Å². The van der Waals surface area contributed by atoms with Gasteiger partial charge in [-0.05, 0) is 53.9 Å². The van der Waals surface area contributed by atoms with Crippen molar-refractivity contribution in [2.75, 3.05) is 33.7 Å². The minimum atomic E-state index is -3.22. The lowest BCUT2D eigenvalue weighted by atomic mass is 10.2. The van der Waals surface area contributed by atoms with Crippen LogP contribution in [0.5, 0.6) is 0 Å². The Hall–Kier alpha value is -0.170. The molecule has 0 rings (SSSR count). The van der Waals surface area contributed by atoms with Crippen LogP contribution in [0.2, 0.25) is 0 Å². The van der Waals surface area contributed by atoms with E-state index in [0.29, 0.717) is 6.54 Å². The molecule has 0 saturated heterocycles. The molecule has 0 radical (unpaired) electrons. The van der Waals surface area contributed by atoms with Crippen molar-refractivity contribution in [3.05, 3.63) is 0 Å². The minimum absolute atomic E-state index is 0.0222. The summed E-state index contributed by atoms with van der Waals surface area (Å²) in [6, 6.07) is -0.0222. The molecule has 6 heteroatoms. The van der Waals surface area contributed by atoms with Crippen molar-refractivity contribution < 1.29 is 8.42 Å².